The minimum atomic E-state index is 0. The molecule has 0 atom stereocenters. The molecule has 0 unspecified atom stereocenters. The molecule has 0 fully saturated rings. The van der Waals surface area contributed by atoms with Crippen molar-refractivity contribution in [2.24, 2.45) is 0 Å². The van der Waals surface area contributed by atoms with Crippen LogP contribution < -0.4 is 17.7 Å². The van der Waals surface area contributed by atoms with Gasteiger partial charge in [0.2, 0.25) is 0 Å². The maximum Gasteiger partial charge on any atom is 0.118 e. The fourth-order valence-corrected chi connectivity index (χ4v) is 3.61. The van der Waals surface area contributed by atoms with E-state index in [1.54, 1.807) is 0 Å². The molecule has 0 aromatic carbocycles. The van der Waals surface area contributed by atoms with E-state index in [1.165, 1.54) is 115 Å². The first-order valence-corrected chi connectivity index (χ1v) is 11.6. The highest BCUT2D eigenvalue weighted by Gasteiger charge is 1.97. The molecule has 0 radical (unpaired) electrons. The molecular weight excluding hydrogens is 352 g/mol. The summed E-state index contributed by atoms with van der Waals surface area (Å²) in [7, 11) is 0. The predicted octanol–water partition coefficient (Wildman–Crippen LogP) is 3.41. The van der Waals surface area contributed by atoms with Gasteiger partial charge in [-0.15, -0.1) is 0 Å². The SMILES string of the molecule is CCCCCCCCCCCCCCCCCC[NH2+]Cc1ccccn1.[Cl-]. The number of nitrogens with two attached hydrogens (primary N) is 1. The van der Waals surface area contributed by atoms with Crippen LogP contribution in [-0.2, 0) is 6.54 Å². The second-order valence-electron chi connectivity index (χ2n) is 7.91. The molecule has 1 aromatic rings. The molecule has 1 aromatic heterocycles. The Kier molecular flexibility index (Phi) is 21.2. The van der Waals surface area contributed by atoms with Crippen LogP contribution >= 0.6 is 0 Å². The van der Waals surface area contributed by atoms with Gasteiger partial charge in [-0.05, 0) is 25.0 Å². The first kappa shape index (κ1) is 26.4. The lowest BCUT2D eigenvalue weighted by Gasteiger charge is -2.04. The highest BCUT2D eigenvalue weighted by molar-refractivity contribution is 5.01. The van der Waals surface area contributed by atoms with Crippen molar-refractivity contribution in [3.8, 4) is 0 Å². The monoisotopic (exact) mass is 396 g/mol. The number of nitrogens with zero attached hydrogens (tertiary/aromatic N) is 1. The Balaban J connectivity index is 0.00000676. The minimum absolute atomic E-state index is 0. The first-order valence-electron chi connectivity index (χ1n) is 11.6. The zero-order valence-corrected chi connectivity index (χ0v) is 18.7. The second-order valence-corrected chi connectivity index (χ2v) is 7.91. The average Bonchev–Trinajstić information content (AvgIpc) is 2.68. The fourth-order valence-electron chi connectivity index (χ4n) is 3.61. The smallest absolute Gasteiger partial charge is 0.118 e. The van der Waals surface area contributed by atoms with Gasteiger partial charge in [0.1, 0.15) is 6.54 Å². The molecule has 1 rings (SSSR count). The van der Waals surface area contributed by atoms with E-state index in [0.29, 0.717) is 0 Å². The van der Waals surface area contributed by atoms with Crippen molar-refractivity contribution >= 4 is 0 Å². The number of hydrogen-bond acceptors (Lipinski definition) is 1. The third kappa shape index (κ3) is 18.5. The number of pyridine rings is 1. The van der Waals surface area contributed by atoms with Gasteiger partial charge in [-0.1, -0.05) is 103 Å². The van der Waals surface area contributed by atoms with Crippen LogP contribution in [-0.4, -0.2) is 11.5 Å². The van der Waals surface area contributed by atoms with E-state index in [9.17, 15) is 0 Å². The number of halogens is 1. The Morgan fingerprint density at radius 1 is 0.667 bits per heavy atom. The number of hydrogen-bond donors (Lipinski definition) is 1. The quantitative estimate of drug-likeness (QED) is 0.357. The van der Waals surface area contributed by atoms with Crippen LogP contribution in [0, 0.1) is 0 Å². The molecule has 0 saturated heterocycles. The molecule has 158 valence electrons. The van der Waals surface area contributed by atoms with E-state index < -0.39 is 0 Å². The van der Waals surface area contributed by atoms with Crippen LogP contribution in [0.5, 0.6) is 0 Å². The summed E-state index contributed by atoms with van der Waals surface area (Å²) in [6, 6.07) is 6.17. The van der Waals surface area contributed by atoms with Crippen molar-refractivity contribution in [1.29, 1.82) is 0 Å². The predicted molar refractivity (Wildman–Crippen MR) is 114 cm³/mol. The van der Waals surface area contributed by atoms with Gasteiger partial charge in [-0.2, -0.15) is 0 Å². The molecule has 3 heteroatoms. The summed E-state index contributed by atoms with van der Waals surface area (Å²) in [5.41, 5.74) is 1.20. The highest BCUT2D eigenvalue weighted by atomic mass is 35.5. The van der Waals surface area contributed by atoms with Crippen molar-refractivity contribution in [2.45, 2.75) is 116 Å². The number of unbranched alkanes of at least 4 members (excludes halogenated alkanes) is 15. The number of quaternary nitrogens is 1. The zero-order valence-electron chi connectivity index (χ0n) is 17.9. The van der Waals surface area contributed by atoms with E-state index in [0.717, 1.165) is 6.54 Å². The van der Waals surface area contributed by atoms with Crippen LogP contribution in [0.1, 0.15) is 115 Å². The van der Waals surface area contributed by atoms with E-state index in [-0.39, 0.29) is 12.4 Å². The van der Waals surface area contributed by atoms with Gasteiger partial charge in [-0.25, -0.2) is 0 Å². The normalized spacial score (nSPS) is 10.7. The van der Waals surface area contributed by atoms with Crippen molar-refractivity contribution in [2.75, 3.05) is 6.54 Å². The molecular formula is C24H45ClN2. The van der Waals surface area contributed by atoms with Crippen molar-refractivity contribution in [1.82, 2.24) is 4.98 Å². The van der Waals surface area contributed by atoms with E-state index >= 15 is 0 Å². The van der Waals surface area contributed by atoms with Gasteiger partial charge in [0.05, 0.1) is 12.2 Å². The maximum atomic E-state index is 4.36. The summed E-state index contributed by atoms with van der Waals surface area (Å²) in [6.45, 7) is 4.57. The Morgan fingerprint density at radius 2 is 1.15 bits per heavy atom. The van der Waals surface area contributed by atoms with Crippen LogP contribution in [0.2, 0.25) is 0 Å². The van der Waals surface area contributed by atoms with Crippen LogP contribution in [0.25, 0.3) is 0 Å². The lowest BCUT2D eigenvalue weighted by Crippen LogP contribution is -3.00. The molecule has 0 bridgehead atoms. The zero-order chi connectivity index (χ0) is 18.5. The van der Waals surface area contributed by atoms with Crippen LogP contribution in [0.4, 0.5) is 0 Å². The van der Waals surface area contributed by atoms with Crippen molar-refractivity contribution in [3.63, 3.8) is 0 Å². The number of rotatable bonds is 19. The summed E-state index contributed by atoms with van der Waals surface area (Å²) < 4.78 is 0. The summed E-state index contributed by atoms with van der Waals surface area (Å²) >= 11 is 0. The third-order valence-electron chi connectivity index (χ3n) is 5.34. The molecule has 0 aliphatic rings. The van der Waals surface area contributed by atoms with Crippen molar-refractivity contribution < 1.29 is 17.7 Å². The van der Waals surface area contributed by atoms with Crippen molar-refractivity contribution in [3.05, 3.63) is 30.1 Å². The van der Waals surface area contributed by atoms with Gasteiger partial charge in [0, 0.05) is 6.20 Å². The molecule has 0 amide bonds. The lowest BCUT2D eigenvalue weighted by atomic mass is 10.0. The minimum Gasteiger partial charge on any atom is -1.00 e. The summed E-state index contributed by atoms with van der Waals surface area (Å²) in [5.74, 6) is 0. The molecule has 27 heavy (non-hydrogen) atoms. The molecule has 0 saturated carbocycles. The summed E-state index contributed by atoms with van der Waals surface area (Å²) in [6.07, 6.45) is 25.0. The molecule has 0 aliphatic carbocycles. The van der Waals surface area contributed by atoms with E-state index in [2.05, 4.69) is 29.4 Å². The summed E-state index contributed by atoms with van der Waals surface area (Å²) in [5, 5.41) is 2.39. The Morgan fingerprint density at radius 3 is 1.59 bits per heavy atom. The maximum absolute atomic E-state index is 4.36. The molecule has 2 nitrogen and oxygen atoms in total. The lowest BCUT2D eigenvalue weighted by molar-refractivity contribution is -0.671. The van der Waals surface area contributed by atoms with Gasteiger partial charge in [-0.3, -0.25) is 4.98 Å². The van der Waals surface area contributed by atoms with Gasteiger partial charge >= 0.3 is 0 Å². The number of aromatic nitrogens is 1. The van der Waals surface area contributed by atoms with E-state index in [1.807, 2.05) is 12.3 Å². The Bertz CT molecular complexity index is 383. The van der Waals surface area contributed by atoms with Gasteiger partial charge in [0.25, 0.3) is 0 Å². The van der Waals surface area contributed by atoms with Gasteiger partial charge < -0.3 is 17.7 Å². The standard InChI is InChI=1S/C24H44N2.ClH/c1-2-3-4-5-6-7-8-9-10-11-12-13-14-15-16-18-21-25-23-24-20-17-19-22-26-24;/h17,19-20,22,25H,2-16,18,21,23H2,1H3;1H. The Hall–Kier alpha value is -0.600. The molecule has 2 N–H and O–H groups in total. The largest absolute Gasteiger partial charge is 1.00 e. The topological polar surface area (TPSA) is 29.5 Å². The Labute approximate surface area is 175 Å². The van der Waals surface area contributed by atoms with Crippen LogP contribution in [0.15, 0.2) is 24.4 Å². The van der Waals surface area contributed by atoms with Crippen LogP contribution in [0.3, 0.4) is 0 Å². The molecule has 0 spiro atoms. The fraction of sp³-hybridized carbons (Fsp3) is 0.792. The third-order valence-corrected chi connectivity index (χ3v) is 5.34. The average molecular weight is 397 g/mol. The summed E-state index contributed by atoms with van der Waals surface area (Å²) in [4.78, 5) is 4.36. The van der Waals surface area contributed by atoms with Gasteiger partial charge in [0.15, 0.2) is 0 Å². The first-order chi connectivity index (χ1) is 12.9. The highest BCUT2D eigenvalue weighted by Crippen LogP contribution is 2.13. The van der Waals surface area contributed by atoms with E-state index in [4.69, 9.17) is 0 Å². The molecule has 1 heterocycles. The molecule has 0 aliphatic heterocycles. The second kappa shape index (κ2) is 21.7.